The number of anilines is 1. The maximum absolute atomic E-state index is 12.7. The van der Waals surface area contributed by atoms with Crippen molar-refractivity contribution in [3.05, 3.63) is 99.6 Å². The zero-order valence-electron chi connectivity index (χ0n) is 20.3. The van der Waals surface area contributed by atoms with Gasteiger partial charge in [0.05, 0.1) is 27.9 Å². The number of hydrogen-bond acceptors (Lipinski definition) is 7. The van der Waals surface area contributed by atoms with Gasteiger partial charge in [-0.1, -0.05) is 17.7 Å². The number of rotatable bonds is 6. The molecule has 11 heteroatoms. The first-order valence-electron chi connectivity index (χ1n) is 11.4. The first-order valence-corrected chi connectivity index (χ1v) is 11.4. The van der Waals surface area contributed by atoms with Crippen LogP contribution in [0.2, 0.25) is 0 Å². The number of nitrogens with zero attached hydrogens (tertiary/aromatic N) is 7. The van der Waals surface area contributed by atoms with E-state index in [0.29, 0.717) is 33.9 Å². The van der Waals surface area contributed by atoms with E-state index in [2.05, 4.69) is 31.5 Å². The minimum Gasteiger partial charge on any atom is -0.307 e. The maximum Gasteiger partial charge on any atom is 0.269 e. The van der Waals surface area contributed by atoms with Crippen LogP contribution in [0.3, 0.4) is 0 Å². The highest BCUT2D eigenvalue weighted by atomic mass is 16.6. The van der Waals surface area contributed by atoms with Crippen LogP contribution in [0.25, 0.3) is 28.6 Å². The topological polar surface area (TPSA) is 134 Å². The average Bonchev–Trinajstić information content (AvgIpc) is 3.46. The van der Waals surface area contributed by atoms with E-state index >= 15 is 0 Å². The van der Waals surface area contributed by atoms with Crippen LogP contribution < -0.4 is 5.32 Å². The molecule has 0 saturated carbocycles. The lowest BCUT2D eigenvalue weighted by atomic mass is 10.1. The largest absolute Gasteiger partial charge is 0.307 e. The van der Waals surface area contributed by atoms with Gasteiger partial charge in [0.1, 0.15) is 12.1 Å². The molecular weight excluding hydrogens is 472 g/mol. The third kappa shape index (κ3) is 4.69. The SMILES string of the molecule is Cc1ccc(-n2ncc3c(-n4nc(C)cc4NC(=O)/C=C/c4ccc([N+](=O)[O-])cc4)ncnc32)c(C)c1. The highest BCUT2D eigenvalue weighted by Gasteiger charge is 2.18. The summed E-state index contributed by atoms with van der Waals surface area (Å²) in [5, 5.41) is 23.4. The quantitative estimate of drug-likeness (QED) is 0.209. The van der Waals surface area contributed by atoms with Crippen molar-refractivity contribution in [2.75, 3.05) is 5.32 Å². The van der Waals surface area contributed by atoms with Crippen molar-refractivity contribution in [2.24, 2.45) is 0 Å². The monoisotopic (exact) mass is 494 g/mol. The van der Waals surface area contributed by atoms with Gasteiger partial charge in [0.25, 0.3) is 5.69 Å². The van der Waals surface area contributed by atoms with Gasteiger partial charge in [-0.2, -0.15) is 14.9 Å². The molecule has 184 valence electrons. The number of hydrogen-bond donors (Lipinski definition) is 1. The Morgan fingerprint density at radius 1 is 1.03 bits per heavy atom. The molecule has 0 aliphatic heterocycles. The van der Waals surface area contributed by atoms with Crippen LogP contribution >= 0.6 is 0 Å². The van der Waals surface area contributed by atoms with Crippen molar-refractivity contribution in [2.45, 2.75) is 20.8 Å². The summed E-state index contributed by atoms with van der Waals surface area (Å²) in [5.74, 6) is 0.509. The Morgan fingerprint density at radius 2 is 1.81 bits per heavy atom. The Morgan fingerprint density at radius 3 is 2.54 bits per heavy atom. The van der Waals surface area contributed by atoms with Crippen molar-refractivity contribution in [1.29, 1.82) is 0 Å². The Balaban J connectivity index is 1.45. The standard InChI is InChI=1S/C26H22N8O3/c1-16-4-10-22(17(2)12-16)32-25-21(14-29-32)26(28-15-27-25)33-23(13-18(3)31-33)30-24(35)11-7-19-5-8-20(9-6-19)34(36)37/h4-15H,1-3H3,(H,30,35)/b11-7+. The molecular formula is C26H22N8O3. The summed E-state index contributed by atoms with van der Waals surface area (Å²) >= 11 is 0. The molecule has 0 fully saturated rings. The lowest BCUT2D eigenvalue weighted by molar-refractivity contribution is -0.384. The van der Waals surface area contributed by atoms with Crippen molar-refractivity contribution < 1.29 is 9.72 Å². The molecule has 0 aliphatic rings. The van der Waals surface area contributed by atoms with Gasteiger partial charge in [-0.25, -0.2) is 14.6 Å². The predicted octanol–water partition coefficient (Wildman–Crippen LogP) is 4.49. The summed E-state index contributed by atoms with van der Waals surface area (Å²) in [6.07, 6.45) is 6.04. The highest BCUT2D eigenvalue weighted by Crippen LogP contribution is 2.25. The fourth-order valence-corrected chi connectivity index (χ4v) is 4.02. The minimum atomic E-state index is -0.473. The number of non-ortho nitro benzene ring substituents is 1. The van der Waals surface area contributed by atoms with Gasteiger partial charge in [-0.15, -0.1) is 0 Å². The zero-order chi connectivity index (χ0) is 26.1. The number of carbonyl (C=O) groups excluding carboxylic acids is 1. The maximum atomic E-state index is 12.7. The Hall–Kier alpha value is -5.19. The summed E-state index contributed by atoms with van der Waals surface area (Å²) in [7, 11) is 0. The van der Waals surface area contributed by atoms with Gasteiger partial charge < -0.3 is 5.32 Å². The molecule has 0 unspecified atom stereocenters. The fourth-order valence-electron chi connectivity index (χ4n) is 4.02. The number of benzene rings is 2. The normalized spacial score (nSPS) is 11.3. The first kappa shape index (κ1) is 23.5. The number of nitro groups is 1. The molecule has 5 rings (SSSR count). The molecule has 3 heterocycles. The van der Waals surface area contributed by atoms with E-state index in [1.165, 1.54) is 24.5 Å². The molecule has 0 bridgehead atoms. The molecule has 11 nitrogen and oxygen atoms in total. The smallest absolute Gasteiger partial charge is 0.269 e. The Labute approximate surface area is 211 Å². The molecule has 0 spiro atoms. The van der Waals surface area contributed by atoms with Crippen LogP contribution in [0.1, 0.15) is 22.4 Å². The van der Waals surface area contributed by atoms with Gasteiger partial charge in [0, 0.05) is 24.3 Å². The highest BCUT2D eigenvalue weighted by molar-refractivity contribution is 6.01. The molecule has 37 heavy (non-hydrogen) atoms. The molecule has 0 saturated heterocycles. The summed E-state index contributed by atoms with van der Waals surface area (Å²) in [6.45, 7) is 5.87. The number of aromatic nitrogens is 6. The number of carbonyl (C=O) groups is 1. The van der Waals surface area contributed by atoms with Crippen LogP contribution in [0.4, 0.5) is 11.5 Å². The van der Waals surface area contributed by atoms with E-state index in [9.17, 15) is 14.9 Å². The number of fused-ring (bicyclic) bond motifs is 1. The number of nitro benzene ring substituents is 1. The number of nitrogens with one attached hydrogen (secondary N) is 1. The molecule has 0 radical (unpaired) electrons. The summed E-state index contributed by atoms with van der Waals surface area (Å²) in [6, 6.07) is 13.7. The third-order valence-electron chi connectivity index (χ3n) is 5.74. The average molecular weight is 495 g/mol. The van der Waals surface area contributed by atoms with Gasteiger partial charge in [0.2, 0.25) is 5.91 Å². The summed E-state index contributed by atoms with van der Waals surface area (Å²) in [4.78, 5) is 31.9. The second-order valence-corrected chi connectivity index (χ2v) is 8.53. The van der Waals surface area contributed by atoms with Crippen LogP contribution in [-0.2, 0) is 4.79 Å². The van der Waals surface area contributed by atoms with Crippen molar-refractivity contribution in [3.63, 3.8) is 0 Å². The molecule has 1 N–H and O–H groups in total. The molecule has 0 aliphatic carbocycles. The van der Waals surface area contributed by atoms with Crippen molar-refractivity contribution in [1.82, 2.24) is 29.5 Å². The molecule has 5 aromatic rings. The first-order chi connectivity index (χ1) is 17.8. The zero-order valence-corrected chi connectivity index (χ0v) is 20.3. The van der Waals surface area contributed by atoms with Crippen molar-refractivity contribution in [3.8, 4) is 11.5 Å². The van der Waals surface area contributed by atoms with E-state index in [1.54, 1.807) is 39.8 Å². The Bertz CT molecular complexity index is 1680. The lowest BCUT2D eigenvalue weighted by Gasteiger charge is -2.09. The molecule has 2 aromatic carbocycles. The van der Waals surface area contributed by atoms with E-state index < -0.39 is 10.8 Å². The third-order valence-corrected chi connectivity index (χ3v) is 5.74. The van der Waals surface area contributed by atoms with Gasteiger partial charge in [-0.3, -0.25) is 14.9 Å². The summed E-state index contributed by atoms with van der Waals surface area (Å²) < 4.78 is 3.31. The fraction of sp³-hybridized carbons (Fsp3) is 0.115. The van der Waals surface area contributed by atoms with E-state index in [-0.39, 0.29) is 5.69 Å². The van der Waals surface area contributed by atoms with Gasteiger partial charge in [-0.05, 0) is 56.2 Å². The number of amides is 1. The van der Waals surface area contributed by atoms with Crippen LogP contribution in [-0.4, -0.2) is 40.4 Å². The molecule has 0 atom stereocenters. The van der Waals surface area contributed by atoms with Crippen LogP contribution in [0.5, 0.6) is 0 Å². The molecule has 1 amide bonds. The van der Waals surface area contributed by atoms with Gasteiger partial charge in [0.15, 0.2) is 11.5 Å². The molecule has 3 aromatic heterocycles. The van der Waals surface area contributed by atoms with Crippen molar-refractivity contribution >= 4 is 34.5 Å². The minimum absolute atomic E-state index is 0.0157. The lowest BCUT2D eigenvalue weighted by Crippen LogP contribution is -2.13. The number of aryl methyl sites for hydroxylation is 3. The summed E-state index contributed by atoms with van der Waals surface area (Å²) in [5.41, 5.74) is 5.06. The van der Waals surface area contributed by atoms with Crippen LogP contribution in [0, 0.1) is 30.9 Å². The predicted molar refractivity (Wildman–Crippen MR) is 139 cm³/mol. The van der Waals surface area contributed by atoms with E-state index in [0.717, 1.165) is 16.8 Å². The van der Waals surface area contributed by atoms with E-state index in [1.807, 2.05) is 32.9 Å². The Kier molecular flexibility index (Phi) is 6.02. The second kappa shape index (κ2) is 9.46. The van der Waals surface area contributed by atoms with E-state index in [4.69, 9.17) is 0 Å². The van der Waals surface area contributed by atoms with Crippen LogP contribution in [0.15, 0.2) is 67.1 Å². The van der Waals surface area contributed by atoms with Gasteiger partial charge >= 0.3 is 0 Å². The second-order valence-electron chi connectivity index (χ2n) is 8.53.